The smallest absolute Gasteiger partial charge is 0.338 e. The van der Waals surface area contributed by atoms with E-state index in [2.05, 4.69) is 5.10 Å². The first-order valence-corrected chi connectivity index (χ1v) is 9.13. The number of benzene rings is 2. The summed E-state index contributed by atoms with van der Waals surface area (Å²) in [6, 6.07) is 10.1. The number of esters is 1. The number of hydrogen-bond donors (Lipinski definition) is 4. The number of nitrogens with zero attached hydrogens (tertiary/aromatic N) is 2. The monoisotopic (exact) mass is 404 g/mol. The second kappa shape index (κ2) is 9.62. The van der Waals surface area contributed by atoms with Crippen molar-refractivity contribution in [3.05, 3.63) is 53.6 Å². The molecule has 0 spiro atoms. The zero-order chi connectivity index (χ0) is 20.7. The number of hydrazine groups is 1. The van der Waals surface area contributed by atoms with Gasteiger partial charge in [-0.1, -0.05) is 11.8 Å². The number of aromatic hydroxyl groups is 2. The van der Waals surface area contributed by atoms with Crippen LogP contribution in [0.15, 0.2) is 47.6 Å². The van der Waals surface area contributed by atoms with Gasteiger partial charge in [-0.3, -0.25) is 9.80 Å². The average molecular weight is 404 g/mol. The normalized spacial score (nSPS) is 11.1. The van der Waals surface area contributed by atoms with E-state index < -0.39 is 5.97 Å². The molecule has 6 N–H and O–H groups in total. The lowest BCUT2D eigenvalue weighted by Gasteiger charge is -2.19. The molecule has 0 aliphatic heterocycles. The number of carbonyl (C=O) groups is 2. The molecule has 0 aromatic heterocycles. The van der Waals surface area contributed by atoms with Crippen LogP contribution in [0, 0.1) is 0 Å². The highest BCUT2D eigenvalue weighted by Gasteiger charge is 2.16. The molecule has 9 nitrogen and oxygen atoms in total. The minimum Gasteiger partial charge on any atom is -0.504 e. The zero-order valence-corrected chi connectivity index (χ0v) is 15.8. The number of hydrogen-bond acceptors (Lipinski definition) is 9. The highest BCUT2D eigenvalue weighted by Crippen LogP contribution is 2.26. The van der Waals surface area contributed by atoms with E-state index >= 15 is 0 Å². The first-order valence-electron chi connectivity index (χ1n) is 8.15. The summed E-state index contributed by atoms with van der Waals surface area (Å²) < 4.78 is 4.92. The van der Waals surface area contributed by atoms with Crippen molar-refractivity contribution in [1.82, 2.24) is 0 Å². The van der Waals surface area contributed by atoms with Crippen LogP contribution in [0.3, 0.4) is 0 Å². The van der Waals surface area contributed by atoms with Crippen molar-refractivity contribution in [3.63, 3.8) is 0 Å². The Balaban J connectivity index is 2.03. The fourth-order valence-corrected chi connectivity index (χ4v) is 2.91. The Morgan fingerprint density at radius 3 is 2.32 bits per heavy atom. The van der Waals surface area contributed by atoms with E-state index in [-0.39, 0.29) is 40.4 Å². The van der Waals surface area contributed by atoms with Crippen LogP contribution < -0.4 is 16.7 Å². The minimum absolute atomic E-state index is 0.0468. The van der Waals surface area contributed by atoms with Gasteiger partial charge >= 0.3 is 5.97 Å². The van der Waals surface area contributed by atoms with Crippen LogP contribution in [0.5, 0.6) is 11.5 Å². The van der Waals surface area contributed by atoms with E-state index in [4.69, 9.17) is 16.4 Å². The molecule has 0 aliphatic carbocycles. The van der Waals surface area contributed by atoms with Gasteiger partial charge in [0.1, 0.15) is 0 Å². The van der Waals surface area contributed by atoms with Gasteiger partial charge in [0.2, 0.25) is 5.17 Å². The molecule has 0 aliphatic rings. The third-order valence-corrected chi connectivity index (χ3v) is 4.57. The molecule has 0 saturated heterocycles. The van der Waals surface area contributed by atoms with Crippen molar-refractivity contribution in [3.8, 4) is 11.5 Å². The Hall–Kier alpha value is -3.24. The molecule has 0 unspecified atom stereocenters. The SMILES string of the molecule is CCOC(=O)c1ccc(N(N)/C(=N\N)SCC(=O)c2ccc(O)c(O)c2)cc1. The van der Waals surface area contributed by atoms with Gasteiger partial charge in [-0.05, 0) is 49.4 Å². The van der Waals surface area contributed by atoms with Gasteiger partial charge in [0.05, 0.1) is 23.6 Å². The Kier molecular flexibility index (Phi) is 7.24. The third-order valence-electron chi connectivity index (χ3n) is 3.60. The summed E-state index contributed by atoms with van der Waals surface area (Å²) in [6.45, 7) is 1.99. The van der Waals surface area contributed by atoms with Crippen molar-refractivity contribution in [2.24, 2.45) is 16.8 Å². The van der Waals surface area contributed by atoms with Gasteiger partial charge in [-0.15, -0.1) is 0 Å². The highest BCUT2D eigenvalue weighted by atomic mass is 32.2. The second-order valence-corrected chi connectivity index (χ2v) is 6.41. The maximum Gasteiger partial charge on any atom is 0.338 e. The van der Waals surface area contributed by atoms with Crippen molar-refractivity contribution >= 4 is 34.4 Å². The lowest BCUT2D eigenvalue weighted by molar-refractivity contribution is 0.0526. The lowest BCUT2D eigenvalue weighted by Crippen LogP contribution is -2.37. The first-order chi connectivity index (χ1) is 13.4. The van der Waals surface area contributed by atoms with E-state index in [0.29, 0.717) is 11.3 Å². The average Bonchev–Trinajstić information content (AvgIpc) is 2.70. The van der Waals surface area contributed by atoms with Crippen LogP contribution in [-0.4, -0.2) is 39.5 Å². The molecular weight excluding hydrogens is 384 g/mol. The van der Waals surface area contributed by atoms with Crippen molar-refractivity contribution in [1.29, 1.82) is 0 Å². The van der Waals surface area contributed by atoms with Gasteiger partial charge < -0.3 is 20.8 Å². The predicted octanol–water partition coefficient (Wildman–Crippen LogP) is 1.80. The largest absolute Gasteiger partial charge is 0.504 e. The van der Waals surface area contributed by atoms with Gasteiger partial charge in [0.15, 0.2) is 17.3 Å². The Morgan fingerprint density at radius 2 is 1.75 bits per heavy atom. The zero-order valence-electron chi connectivity index (χ0n) is 15.0. The van der Waals surface area contributed by atoms with Crippen molar-refractivity contribution in [2.75, 3.05) is 17.4 Å². The summed E-state index contributed by atoms with van der Waals surface area (Å²) in [5.74, 6) is 9.89. The minimum atomic E-state index is -0.442. The van der Waals surface area contributed by atoms with Crippen LogP contribution >= 0.6 is 11.8 Å². The predicted molar refractivity (Wildman–Crippen MR) is 107 cm³/mol. The number of phenols is 2. The molecule has 0 radical (unpaired) electrons. The maximum absolute atomic E-state index is 12.2. The molecule has 0 atom stereocenters. The molecule has 0 saturated carbocycles. The lowest BCUT2D eigenvalue weighted by atomic mass is 10.1. The van der Waals surface area contributed by atoms with Crippen molar-refractivity contribution in [2.45, 2.75) is 6.92 Å². The molecule has 2 rings (SSSR count). The highest BCUT2D eigenvalue weighted by molar-refractivity contribution is 8.14. The van der Waals surface area contributed by atoms with Gasteiger partial charge in [0.25, 0.3) is 0 Å². The van der Waals surface area contributed by atoms with Crippen LogP contribution in [0.4, 0.5) is 5.69 Å². The van der Waals surface area contributed by atoms with E-state index in [9.17, 15) is 19.8 Å². The number of hydrazone groups is 1. The fourth-order valence-electron chi connectivity index (χ4n) is 2.16. The molecule has 2 aromatic rings. The summed E-state index contributed by atoms with van der Waals surface area (Å²) >= 11 is 0.997. The Morgan fingerprint density at radius 1 is 1.11 bits per heavy atom. The van der Waals surface area contributed by atoms with Crippen LogP contribution in [0.25, 0.3) is 0 Å². The summed E-state index contributed by atoms with van der Waals surface area (Å²) in [5.41, 5.74) is 1.10. The Labute approximate surface area is 165 Å². The number of Topliss-reactive ketones (excluding diaryl/α,β-unsaturated/α-hetero) is 1. The third kappa shape index (κ3) is 5.15. The summed E-state index contributed by atoms with van der Waals surface area (Å²) in [4.78, 5) is 23.9. The van der Waals surface area contributed by atoms with Gasteiger partial charge in [-0.25, -0.2) is 10.6 Å². The fraction of sp³-hybridized carbons (Fsp3) is 0.167. The number of nitrogens with two attached hydrogens (primary N) is 2. The maximum atomic E-state index is 12.2. The van der Waals surface area contributed by atoms with E-state index in [0.717, 1.165) is 11.8 Å². The molecular formula is C18H20N4O5S. The second-order valence-electron chi connectivity index (χ2n) is 5.46. The molecule has 0 fully saturated rings. The number of carbonyl (C=O) groups excluding carboxylic acids is 2. The van der Waals surface area contributed by atoms with Crippen LogP contribution in [0.1, 0.15) is 27.6 Å². The summed E-state index contributed by atoms with van der Waals surface area (Å²) in [7, 11) is 0. The number of amidine groups is 1. The summed E-state index contributed by atoms with van der Waals surface area (Å²) in [6.07, 6.45) is 0. The summed E-state index contributed by atoms with van der Waals surface area (Å²) in [5, 5.41) is 23.7. The quantitative estimate of drug-likeness (QED) is 0.107. The number of ketones is 1. The molecule has 148 valence electrons. The van der Waals surface area contributed by atoms with Crippen LogP contribution in [-0.2, 0) is 4.74 Å². The Bertz CT molecular complexity index is 886. The van der Waals surface area contributed by atoms with E-state index in [1.807, 2.05) is 0 Å². The number of thioether (sulfide) groups is 1. The molecule has 2 aromatic carbocycles. The molecule has 10 heteroatoms. The topological polar surface area (TPSA) is 151 Å². The van der Waals surface area contributed by atoms with Crippen molar-refractivity contribution < 1.29 is 24.5 Å². The molecule has 0 amide bonds. The number of anilines is 1. The molecule has 0 heterocycles. The van der Waals surface area contributed by atoms with E-state index in [1.165, 1.54) is 23.2 Å². The number of phenolic OH excluding ortho intramolecular Hbond substituents is 2. The molecule has 28 heavy (non-hydrogen) atoms. The standard InChI is InChI=1S/C18H20N4O5S/c1-2-27-17(26)11-3-6-13(7-4-11)22(20)18(21-19)28-10-16(25)12-5-8-14(23)15(24)9-12/h3-9,23-24H,2,10,19-20H2,1H3/b21-18+. The van der Waals surface area contributed by atoms with Gasteiger partial charge in [-0.2, -0.15) is 5.10 Å². The van der Waals surface area contributed by atoms with E-state index in [1.54, 1.807) is 31.2 Å². The van der Waals surface area contributed by atoms with Crippen LogP contribution in [0.2, 0.25) is 0 Å². The van der Waals surface area contributed by atoms with Gasteiger partial charge in [0, 0.05) is 5.56 Å². The number of rotatable bonds is 6. The first kappa shape index (κ1) is 21.1. The number of ether oxygens (including phenoxy) is 1. The molecule has 0 bridgehead atoms.